The first kappa shape index (κ1) is 13.0. The van der Waals surface area contributed by atoms with Crippen LogP contribution in [0, 0.1) is 0 Å². The lowest BCUT2D eigenvalue weighted by atomic mass is 10.2. The number of aromatic nitrogens is 1. The van der Waals surface area contributed by atoms with Crippen molar-refractivity contribution in [2.45, 2.75) is 13.3 Å². The zero-order chi connectivity index (χ0) is 13.0. The molecule has 0 amide bonds. The van der Waals surface area contributed by atoms with Crippen LogP contribution in [0.3, 0.4) is 0 Å². The van der Waals surface area contributed by atoms with Crippen LogP contribution in [-0.4, -0.2) is 19.2 Å². The molecule has 6 heteroatoms. The fraction of sp³-hybridized carbons (Fsp3) is 0.250. The highest BCUT2D eigenvalue weighted by molar-refractivity contribution is 7.92. The summed E-state index contributed by atoms with van der Waals surface area (Å²) >= 11 is 1.55. The normalized spacial score (nSPS) is 11.4. The van der Waals surface area contributed by atoms with E-state index in [2.05, 4.69) is 9.71 Å². The molecule has 0 bridgehead atoms. The molecule has 0 aliphatic rings. The van der Waals surface area contributed by atoms with E-state index in [-0.39, 0.29) is 5.75 Å². The van der Waals surface area contributed by atoms with Gasteiger partial charge >= 0.3 is 0 Å². The summed E-state index contributed by atoms with van der Waals surface area (Å²) in [6.07, 6.45) is 2.35. The van der Waals surface area contributed by atoms with Gasteiger partial charge in [-0.15, -0.1) is 11.3 Å². The van der Waals surface area contributed by atoms with Gasteiger partial charge in [-0.3, -0.25) is 4.72 Å². The number of hydrogen-bond donors (Lipinski definition) is 1. The first-order valence-electron chi connectivity index (χ1n) is 5.61. The third-order valence-corrected chi connectivity index (χ3v) is 4.62. The maximum Gasteiger partial charge on any atom is 0.232 e. The number of benzene rings is 1. The standard InChI is InChI=1S/C12H14N2O2S2/c1-2-9-18(15,16)14-11-5-3-10(4-6-11)12-13-7-8-17-12/h3-8,14H,2,9H2,1H3. The molecule has 4 nitrogen and oxygen atoms in total. The second-order valence-corrected chi connectivity index (χ2v) is 6.57. The average molecular weight is 282 g/mol. The summed E-state index contributed by atoms with van der Waals surface area (Å²) in [5.74, 6) is 0.140. The predicted molar refractivity (Wildman–Crippen MR) is 75.3 cm³/mol. The molecule has 0 atom stereocenters. The van der Waals surface area contributed by atoms with Crippen molar-refractivity contribution >= 4 is 27.0 Å². The highest BCUT2D eigenvalue weighted by atomic mass is 32.2. The van der Waals surface area contributed by atoms with Crippen molar-refractivity contribution in [2.24, 2.45) is 0 Å². The SMILES string of the molecule is CCCS(=O)(=O)Nc1ccc(-c2nccs2)cc1. The van der Waals surface area contributed by atoms with Crippen LogP contribution in [0.25, 0.3) is 10.6 Å². The second kappa shape index (κ2) is 5.49. The van der Waals surface area contributed by atoms with E-state index in [9.17, 15) is 8.42 Å². The minimum Gasteiger partial charge on any atom is -0.284 e. The maximum absolute atomic E-state index is 11.6. The van der Waals surface area contributed by atoms with Gasteiger partial charge in [0.1, 0.15) is 5.01 Å². The van der Waals surface area contributed by atoms with E-state index in [4.69, 9.17) is 0 Å². The lowest BCUT2D eigenvalue weighted by Gasteiger charge is -2.07. The lowest BCUT2D eigenvalue weighted by molar-refractivity contribution is 0.600. The van der Waals surface area contributed by atoms with Gasteiger partial charge in [-0.25, -0.2) is 13.4 Å². The van der Waals surface area contributed by atoms with Gasteiger partial charge in [0.15, 0.2) is 0 Å². The van der Waals surface area contributed by atoms with Crippen LogP contribution in [-0.2, 0) is 10.0 Å². The van der Waals surface area contributed by atoms with Gasteiger partial charge < -0.3 is 0 Å². The van der Waals surface area contributed by atoms with Crippen molar-refractivity contribution in [2.75, 3.05) is 10.5 Å². The zero-order valence-corrected chi connectivity index (χ0v) is 11.6. The summed E-state index contributed by atoms with van der Waals surface area (Å²) in [5, 5.41) is 2.84. The van der Waals surface area contributed by atoms with Crippen LogP contribution in [0.1, 0.15) is 13.3 Å². The van der Waals surface area contributed by atoms with E-state index in [1.807, 2.05) is 24.4 Å². The molecular weight excluding hydrogens is 268 g/mol. The Morgan fingerprint density at radius 3 is 2.56 bits per heavy atom. The van der Waals surface area contributed by atoms with E-state index in [1.54, 1.807) is 29.7 Å². The molecule has 18 heavy (non-hydrogen) atoms. The van der Waals surface area contributed by atoms with Gasteiger partial charge in [0, 0.05) is 22.8 Å². The Kier molecular flexibility index (Phi) is 3.98. The predicted octanol–water partition coefficient (Wildman–Crippen LogP) is 2.96. The van der Waals surface area contributed by atoms with Crippen LogP contribution in [0.5, 0.6) is 0 Å². The molecule has 1 heterocycles. The molecule has 1 aromatic carbocycles. The third-order valence-electron chi connectivity index (χ3n) is 2.31. The first-order chi connectivity index (χ1) is 8.61. The second-order valence-electron chi connectivity index (χ2n) is 3.84. The Balaban J connectivity index is 2.14. The highest BCUT2D eigenvalue weighted by Crippen LogP contribution is 2.23. The van der Waals surface area contributed by atoms with Gasteiger partial charge in [0.25, 0.3) is 0 Å². The zero-order valence-electron chi connectivity index (χ0n) is 9.96. The minimum atomic E-state index is -3.21. The lowest BCUT2D eigenvalue weighted by Crippen LogP contribution is -2.15. The Morgan fingerprint density at radius 2 is 2.00 bits per heavy atom. The summed E-state index contributed by atoms with van der Waals surface area (Å²) in [6.45, 7) is 1.84. The summed E-state index contributed by atoms with van der Waals surface area (Å²) in [6, 6.07) is 7.24. The molecule has 1 aromatic heterocycles. The summed E-state index contributed by atoms with van der Waals surface area (Å²) < 4.78 is 25.7. The van der Waals surface area contributed by atoms with E-state index in [0.29, 0.717) is 12.1 Å². The molecule has 96 valence electrons. The van der Waals surface area contributed by atoms with Crippen LogP contribution < -0.4 is 4.72 Å². The molecular formula is C12H14N2O2S2. The van der Waals surface area contributed by atoms with Gasteiger partial charge in [0.2, 0.25) is 10.0 Å². The van der Waals surface area contributed by atoms with Crippen molar-refractivity contribution < 1.29 is 8.42 Å². The molecule has 0 radical (unpaired) electrons. The van der Waals surface area contributed by atoms with E-state index in [0.717, 1.165) is 10.6 Å². The van der Waals surface area contributed by atoms with Crippen molar-refractivity contribution in [1.82, 2.24) is 4.98 Å². The van der Waals surface area contributed by atoms with Crippen molar-refractivity contribution in [3.63, 3.8) is 0 Å². The van der Waals surface area contributed by atoms with E-state index in [1.165, 1.54) is 0 Å². The van der Waals surface area contributed by atoms with E-state index >= 15 is 0 Å². The topological polar surface area (TPSA) is 59.1 Å². The number of hydrogen-bond acceptors (Lipinski definition) is 4. The molecule has 0 saturated heterocycles. The Labute approximate surface area is 111 Å². The summed E-state index contributed by atoms with van der Waals surface area (Å²) in [7, 11) is -3.21. The first-order valence-corrected chi connectivity index (χ1v) is 8.14. The van der Waals surface area contributed by atoms with Gasteiger partial charge in [-0.05, 0) is 30.7 Å². The van der Waals surface area contributed by atoms with Crippen molar-refractivity contribution in [3.05, 3.63) is 35.8 Å². The molecule has 0 spiro atoms. The fourth-order valence-corrected chi connectivity index (χ4v) is 3.33. The van der Waals surface area contributed by atoms with E-state index < -0.39 is 10.0 Å². The van der Waals surface area contributed by atoms with Gasteiger partial charge in [-0.2, -0.15) is 0 Å². The Morgan fingerprint density at radius 1 is 1.28 bits per heavy atom. The Bertz CT molecular complexity index is 590. The van der Waals surface area contributed by atoms with Gasteiger partial charge in [-0.1, -0.05) is 6.92 Å². The number of rotatable bonds is 5. The molecule has 2 rings (SSSR count). The maximum atomic E-state index is 11.6. The van der Waals surface area contributed by atoms with Crippen LogP contribution >= 0.6 is 11.3 Å². The van der Waals surface area contributed by atoms with Crippen LogP contribution in [0.4, 0.5) is 5.69 Å². The number of anilines is 1. The fourth-order valence-electron chi connectivity index (χ4n) is 1.55. The number of nitrogens with zero attached hydrogens (tertiary/aromatic N) is 1. The number of sulfonamides is 1. The average Bonchev–Trinajstić information content (AvgIpc) is 2.82. The van der Waals surface area contributed by atoms with Crippen LogP contribution in [0.2, 0.25) is 0 Å². The molecule has 0 unspecified atom stereocenters. The van der Waals surface area contributed by atoms with Crippen LogP contribution in [0.15, 0.2) is 35.8 Å². The molecule has 2 aromatic rings. The molecule has 0 fully saturated rings. The molecule has 1 N–H and O–H groups in total. The monoisotopic (exact) mass is 282 g/mol. The highest BCUT2D eigenvalue weighted by Gasteiger charge is 2.08. The third kappa shape index (κ3) is 3.30. The minimum absolute atomic E-state index is 0.140. The molecule has 0 aliphatic carbocycles. The number of thiazole rings is 1. The number of nitrogens with one attached hydrogen (secondary N) is 1. The van der Waals surface area contributed by atoms with Crippen molar-refractivity contribution in [3.8, 4) is 10.6 Å². The molecule has 0 saturated carbocycles. The largest absolute Gasteiger partial charge is 0.284 e. The van der Waals surface area contributed by atoms with Gasteiger partial charge in [0.05, 0.1) is 5.75 Å². The Hall–Kier alpha value is -1.40. The molecule has 0 aliphatic heterocycles. The smallest absolute Gasteiger partial charge is 0.232 e. The summed E-state index contributed by atoms with van der Waals surface area (Å²) in [5.41, 5.74) is 1.58. The van der Waals surface area contributed by atoms with Crippen molar-refractivity contribution in [1.29, 1.82) is 0 Å². The summed E-state index contributed by atoms with van der Waals surface area (Å²) in [4.78, 5) is 4.20. The quantitative estimate of drug-likeness (QED) is 0.917.